The first-order chi connectivity index (χ1) is 17.2. The Labute approximate surface area is 208 Å². The molecule has 0 radical (unpaired) electrons. The van der Waals surface area contributed by atoms with Gasteiger partial charge in [0.25, 0.3) is 0 Å². The van der Waals surface area contributed by atoms with Crippen LogP contribution in [0.3, 0.4) is 0 Å². The van der Waals surface area contributed by atoms with Gasteiger partial charge in [0.15, 0.2) is 0 Å². The number of nitrogens with zero attached hydrogens (tertiary/aromatic N) is 2. The van der Waals surface area contributed by atoms with Gasteiger partial charge >= 0.3 is 0 Å². The predicted molar refractivity (Wildman–Crippen MR) is 146 cm³/mol. The SMILES string of the molecule is CN(C)CCOc1cccc(-c2ccc3[nH]nc(-c4cc5c(-c6cccs6)cccc5[nH]4)c3c2)c1. The molecule has 0 atom stereocenters. The van der Waals surface area contributed by atoms with Crippen LogP contribution in [-0.2, 0) is 0 Å². The number of aromatic nitrogens is 3. The lowest BCUT2D eigenvalue weighted by molar-refractivity contribution is 0.261. The van der Waals surface area contributed by atoms with E-state index >= 15 is 0 Å². The summed E-state index contributed by atoms with van der Waals surface area (Å²) in [5, 5.41) is 12.3. The fourth-order valence-electron chi connectivity index (χ4n) is 4.44. The third kappa shape index (κ3) is 4.22. The standard InChI is InChI=1S/C29H26N4OS/c1-33(2)13-14-34-21-7-3-6-19(16-21)20-11-12-26-24(17-20)29(32-31-26)27-18-23-22(28-10-5-15-35-28)8-4-9-25(23)30-27/h3-12,15-18,30H,13-14H2,1-2H3,(H,31,32). The lowest BCUT2D eigenvalue weighted by Crippen LogP contribution is -2.19. The first-order valence-electron chi connectivity index (χ1n) is 11.7. The highest BCUT2D eigenvalue weighted by molar-refractivity contribution is 7.13. The minimum atomic E-state index is 0.662. The van der Waals surface area contributed by atoms with Gasteiger partial charge in [0, 0.05) is 33.3 Å². The van der Waals surface area contributed by atoms with Crippen LogP contribution in [0.2, 0.25) is 0 Å². The molecule has 174 valence electrons. The van der Waals surface area contributed by atoms with E-state index in [1.807, 2.05) is 26.2 Å². The van der Waals surface area contributed by atoms with Crippen molar-refractivity contribution < 1.29 is 4.74 Å². The second kappa shape index (κ2) is 9.06. The quantitative estimate of drug-likeness (QED) is 0.259. The van der Waals surface area contributed by atoms with Crippen molar-refractivity contribution in [3.63, 3.8) is 0 Å². The van der Waals surface area contributed by atoms with Crippen LogP contribution < -0.4 is 4.74 Å². The molecule has 0 aliphatic rings. The number of hydrogen-bond acceptors (Lipinski definition) is 4. The molecule has 0 saturated carbocycles. The van der Waals surface area contributed by atoms with Gasteiger partial charge in [-0.2, -0.15) is 5.10 Å². The molecule has 0 fully saturated rings. The van der Waals surface area contributed by atoms with Crippen molar-refractivity contribution in [3.8, 4) is 38.7 Å². The summed E-state index contributed by atoms with van der Waals surface area (Å²) in [7, 11) is 4.10. The molecule has 0 amide bonds. The average Bonchev–Trinajstić information content (AvgIpc) is 3.62. The van der Waals surface area contributed by atoms with E-state index < -0.39 is 0 Å². The van der Waals surface area contributed by atoms with Gasteiger partial charge in [-0.25, -0.2) is 0 Å². The number of hydrogen-bond donors (Lipinski definition) is 2. The summed E-state index contributed by atoms with van der Waals surface area (Å²) in [6, 6.07) is 27.6. The fourth-order valence-corrected chi connectivity index (χ4v) is 5.21. The second-order valence-corrected chi connectivity index (χ2v) is 9.89. The molecule has 6 heteroatoms. The molecule has 2 N–H and O–H groups in total. The molecule has 0 aliphatic heterocycles. The number of thiophene rings is 1. The van der Waals surface area contributed by atoms with Crippen molar-refractivity contribution in [2.45, 2.75) is 0 Å². The highest BCUT2D eigenvalue weighted by Gasteiger charge is 2.14. The van der Waals surface area contributed by atoms with E-state index in [0.29, 0.717) is 6.61 Å². The Kier molecular flexibility index (Phi) is 5.60. The zero-order valence-corrected chi connectivity index (χ0v) is 20.5. The molecule has 5 nitrogen and oxygen atoms in total. The van der Waals surface area contributed by atoms with Gasteiger partial charge in [-0.1, -0.05) is 36.4 Å². The van der Waals surface area contributed by atoms with Gasteiger partial charge in [-0.05, 0) is 73.1 Å². The first kappa shape index (κ1) is 21.6. The largest absolute Gasteiger partial charge is 0.492 e. The van der Waals surface area contributed by atoms with Gasteiger partial charge in [0.2, 0.25) is 0 Å². The minimum Gasteiger partial charge on any atom is -0.492 e. The topological polar surface area (TPSA) is 56.9 Å². The van der Waals surface area contributed by atoms with Gasteiger partial charge < -0.3 is 14.6 Å². The number of aromatic amines is 2. The Morgan fingerprint density at radius 3 is 2.60 bits per heavy atom. The van der Waals surface area contributed by atoms with E-state index in [0.717, 1.165) is 51.2 Å². The number of H-pyrrole nitrogens is 2. The van der Waals surface area contributed by atoms with E-state index in [4.69, 9.17) is 4.74 Å². The minimum absolute atomic E-state index is 0.662. The fraction of sp³-hybridized carbons (Fsp3) is 0.138. The van der Waals surface area contributed by atoms with Crippen LogP contribution in [0.4, 0.5) is 0 Å². The molecule has 0 spiro atoms. The van der Waals surface area contributed by atoms with Crippen molar-refractivity contribution in [2.75, 3.05) is 27.2 Å². The summed E-state index contributed by atoms with van der Waals surface area (Å²) >= 11 is 1.76. The molecule has 0 unspecified atom stereocenters. The van der Waals surface area contributed by atoms with Gasteiger partial charge in [0.1, 0.15) is 18.1 Å². The van der Waals surface area contributed by atoms with Crippen molar-refractivity contribution in [1.82, 2.24) is 20.1 Å². The third-order valence-corrected chi connectivity index (χ3v) is 7.15. The summed E-state index contributed by atoms with van der Waals surface area (Å²) in [5.41, 5.74) is 7.56. The van der Waals surface area contributed by atoms with Gasteiger partial charge in [-0.15, -0.1) is 11.3 Å². The molecular weight excluding hydrogens is 452 g/mol. The van der Waals surface area contributed by atoms with Crippen molar-refractivity contribution >= 4 is 33.1 Å². The molecule has 6 aromatic rings. The number of benzene rings is 3. The van der Waals surface area contributed by atoms with Crippen molar-refractivity contribution in [3.05, 3.63) is 84.2 Å². The average molecular weight is 479 g/mol. The van der Waals surface area contributed by atoms with E-state index in [1.165, 1.54) is 15.8 Å². The normalized spacial score (nSPS) is 11.6. The highest BCUT2D eigenvalue weighted by Crippen LogP contribution is 2.36. The van der Waals surface area contributed by atoms with Crippen LogP contribution in [-0.4, -0.2) is 47.3 Å². The number of fused-ring (bicyclic) bond motifs is 2. The summed E-state index contributed by atoms with van der Waals surface area (Å²) < 4.78 is 5.96. The van der Waals surface area contributed by atoms with Crippen molar-refractivity contribution in [2.24, 2.45) is 0 Å². The van der Waals surface area contributed by atoms with Crippen LogP contribution in [0.5, 0.6) is 5.75 Å². The van der Waals surface area contributed by atoms with E-state index in [2.05, 4.69) is 92.2 Å². The summed E-state index contributed by atoms with van der Waals surface area (Å²) in [6.07, 6.45) is 0. The molecule has 3 aromatic heterocycles. The Hall–Kier alpha value is -3.87. The highest BCUT2D eigenvalue weighted by atomic mass is 32.1. The van der Waals surface area contributed by atoms with Crippen LogP contribution in [0.25, 0.3) is 54.8 Å². The van der Waals surface area contributed by atoms with Gasteiger partial charge in [-0.3, -0.25) is 5.10 Å². The summed E-state index contributed by atoms with van der Waals surface area (Å²) in [5.74, 6) is 0.883. The molecule has 0 aliphatic carbocycles. The number of rotatable bonds is 7. The zero-order chi connectivity index (χ0) is 23.8. The Balaban J connectivity index is 1.38. The molecule has 0 bridgehead atoms. The van der Waals surface area contributed by atoms with Gasteiger partial charge in [0.05, 0.1) is 11.2 Å². The molecule has 35 heavy (non-hydrogen) atoms. The Morgan fingerprint density at radius 2 is 1.74 bits per heavy atom. The maximum atomic E-state index is 5.96. The molecular formula is C29H26N4OS. The number of likely N-dealkylation sites (N-methyl/N-ethyl adjacent to an activating group) is 1. The Morgan fingerprint density at radius 1 is 0.857 bits per heavy atom. The number of ether oxygens (including phenoxy) is 1. The van der Waals surface area contributed by atoms with E-state index in [-0.39, 0.29) is 0 Å². The predicted octanol–water partition coefficient (Wildman–Crippen LogP) is 7.05. The lowest BCUT2D eigenvalue weighted by Gasteiger charge is -2.12. The molecule has 3 heterocycles. The van der Waals surface area contributed by atoms with Crippen LogP contribution >= 0.6 is 11.3 Å². The molecule has 3 aromatic carbocycles. The second-order valence-electron chi connectivity index (χ2n) is 8.94. The first-order valence-corrected chi connectivity index (χ1v) is 12.6. The van der Waals surface area contributed by atoms with E-state index in [1.54, 1.807) is 11.3 Å². The van der Waals surface area contributed by atoms with Crippen molar-refractivity contribution in [1.29, 1.82) is 0 Å². The summed E-state index contributed by atoms with van der Waals surface area (Å²) in [4.78, 5) is 6.97. The summed E-state index contributed by atoms with van der Waals surface area (Å²) in [6.45, 7) is 1.54. The van der Waals surface area contributed by atoms with E-state index in [9.17, 15) is 0 Å². The molecule has 0 saturated heterocycles. The number of nitrogens with one attached hydrogen (secondary N) is 2. The smallest absolute Gasteiger partial charge is 0.119 e. The maximum Gasteiger partial charge on any atom is 0.119 e. The monoisotopic (exact) mass is 478 g/mol. The van der Waals surface area contributed by atoms with Crippen LogP contribution in [0.15, 0.2) is 84.2 Å². The maximum absolute atomic E-state index is 5.96. The van der Waals surface area contributed by atoms with Crippen LogP contribution in [0.1, 0.15) is 0 Å². The third-order valence-electron chi connectivity index (χ3n) is 6.24. The Bertz CT molecular complexity index is 1610. The zero-order valence-electron chi connectivity index (χ0n) is 19.7. The lowest BCUT2D eigenvalue weighted by atomic mass is 10.0. The molecule has 6 rings (SSSR count). The van der Waals surface area contributed by atoms with Crippen LogP contribution in [0, 0.1) is 0 Å².